The van der Waals surface area contributed by atoms with Crippen LogP contribution in [0.2, 0.25) is 5.02 Å². The molecule has 11 heteroatoms. The molecule has 1 unspecified atom stereocenters. The van der Waals surface area contributed by atoms with E-state index in [2.05, 4.69) is 5.32 Å². The van der Waals surface area contributed by atoms with Gasteiger partial charge in [-0.15, -0.1) is 0 Å². The Balaban J connectivity index is 1.69. The molecule has 43 heavy (non-hydrogen) atoms. The van der Waals surface area contributed by atoms with E-state index < -0.39 is 28.5 Å². The molecule has 9 nitrogen and oxygen atoms in total. The molecule has 0 bridgehead atoms. The number of amides is 2. The zero-order chi connectivity index (χ0) is 31.0. The third kappa shape index (κ3) is 8.20. The lowest BCUT2D eigenvalue weighted by atomic mass is 10.1. The second-order valence-corrected chi connectivity index (χ2v) is 12.7. The minimum atomic E-state index is -4.21. The first-order valence-electron chi connectivity index (χ1n) is 14.4. The number of hydrogen-bond acceptors (Lipinski definition) is 6. The molecule has 2 amide bonds. The zero-order valence-electron chi connectivity index (χ0n) is 24.7. The molecule has 1 atom stereocenters. The summed E-state index contributed by atoms with van der Waals surface area (Å²) < 4.78 is 39.9. The molecule has 230 valence electrons. The van der Waals surface area contributed by atoms with Crippen molar-refractivity contribution in [3.63, 3.8) is 0 Å². The standard InChI is InChI=1S/C32H38ClN3O6S/c1-4-42-28-16-14-27(15-17-28)36(43(39,40)30-18-12-25(33)13-19-30)22-31(37)35(21-24-8-7-11-29(20-24)41-3)23(2)32(38)34-26-9-5-6-10-26/h7-8,11-20,23,26H,4-6,9-10,21-22H2,1-3H3,(H,34,38). The number of sulfonamides is 1. The van der Waals surface area contributed by atoms with Crippen molar-refractivity contribution >= 4 is 39.1 Å². The van der Waals surface area contributed by atoms with Crippen LogP contribution in [0.3, 0.4) is 0 Å². The fourth-order valence-corrected chi connectivity index (χ4v) is 6.62. The third-order valence-electron chi connectivity index (χ3n) is 7.47. The van der Waals surface area contributed by atoms with Gasteiger partial charge in [0.1, 0.15) is 24.1 Å². The first-order valence-corrected chi connectivity index (χ1v) is 16.2. The van der Waals surface area contributed by atoms with Crippen LogP contribution in [0.1, 0.15) is 45.1 Å². The van der Waals surface area contributed by atoms with E-state index in [0.29, 0.717) is 23.1 Å². The molecule has 3 aromatic rings. The van der Waals surface area contributed by atoms with Crippen molar-refractivity contribution in [2.45, 2.75) is 63.1 Å². The fraction of sp³-hybridized carbons (Fsp3) is 0.375. The maximum absolute atomic E-state index is 14.1. The quantitative estimate of drug-likeness (QED) is 0.271. The first-order chi connectivity index (χ1) is 20.6. The van der Waals surface area contributed by atoms with Gasteiger partial charge in [-0.25, -0.2) is 8.42 Å². The van der Waals surface area contributed by atoms with Crippen molar-refractivity contribution in [3.8, 4) is 11.5 Å². The molecule has 4 rings (SSSR count). The minimum Gasteiger partial charge on any atom is -0.497 e. The first kappa shape index (κ1) is 32.2. The van der Waals surface area contributed by atoms with Gasteiger partial charge in [0.15, 0.2) is 0 Å². The van der Waals surface area contributed by atoms with Crippen LogP contribution in [0.15, 0.2) is 77.7 Å². The summed E-state index contributed by atoms with van der Waals surface area (Å²) in [4.78, 5) is 28.9. The maximum Gasteiger partial charge on any atom is 0.264 e. The molecule has 0 aliphatic heterocycles. The topological polar surface area (TPSA) is 105 Å². The Kier molecular flexibility index (Phi) is 10.9. The minimum absolute atomic E-state index is 0.0232. The zero-order valence-corrected chi connectivity index (χ0v) is 26.2. The van der Waals surface area contributed by atoms with E-state index in [1.807, 2.05) is 13.0 Å². The van der Waals surface area contributed by atoms with E-state index in [-0.39, 0.29) is 29.1 Å². The van der Waals surface area contributed by atoms with Crippen LogP contribution in [0.5, 0.6) is 11.5 Å². The molecule has 3 aromatic carbocycles. The number of nitrogens with one attached hydrogen (secondary N) is 1. The average molecular weight is 628 g/mol. The van der Waals surface area contributed by atoms with E-state index >= 15 is 0 Å². The predicted molar refractivity (Wildman–Crippen MR) is 167 cm³/mol. The highest BCUT2D eigenvalue weighted by molar-refractivity contribution is 7.92. The van der Waals surface area contributed by atoms with Crippen LogP contribution in [-0.4, -0.2) is 57.5 Å². The van der Waals surface area contributed by atoms with Gasteiger partial charge in [0.05, 0.1) is 24.3 Å². The van der Waals surface area contributed by atoms with Crippen LogP contribution in [0.4, 0.5) is 5.69 Å². The van der Waals surface area contributed by atoms with Gasteiger partial charge in [-0.2, -0.15) is 0 Å². The molecular weight excluding hydrogens is 590 g/mol. The number of carbonyl (C=O) groups is 2. The van der Waals surface area contributed by atoms with Crippen molar-refractivity contribution in [3.05, 3.63) is 83.4 Å². The van der Waals surface area contributed by atoms with Crippen molar-refractivity contribution in [2.75, 3.05) is 24.6 Å². The summed E-state index contributed by atoms with van der Waals surface area (Å²) in [5.74, 6) is 0.354. The molecule has 1 fully saturated rings. The van der Waals surface area contributed by atoms with Crippen LogP contribution < -0.4 is 19.1 Å². The maximum atomic E-state index is 14.1. The highest BCUT2D eigenvalue weighted by Gasteiger charge is 2.33. The number of anilines is 1. The molecule has 0 saturated heterocycles. The number of ether oxygens (including phenoxy) is 2. The van der Waals surface area contributed by atoms with E-state index in [4.69, 9.17) is 21.1 Å². The number of methoxy groups -OCH3 is 1. The summed E-state index contributed by atoms with van der Waals surface area (Å²) in [5, 5.41) is 3.45. The van der Waals surface area contributed by atoms with Crippen LogP contribution >= 0.6 is 11.6 Å². The van der Waals surface area contributed by atoms with Crippen molar-refractivity contribution in [2.24, 2.45) is 0 Å². The van der Waals surface area contributed by atoms with E-state index in [9.17, 15) is 18.0 Å². The van der Waals surface area contributed by atoms with Gasteiger partial charge in [-0.05, 0) is 92.9 Å². The van der Waals surface area contributed by atoms with Crippen LogP contribution in [0, 0.1) is 0 Å². The molecular formula is C32H38ClN3O6S. The Morgan fingerprint density at radius 3 is 2.30 bits per heavy atom. The average Bonchev–Trinajstić information content (AvgIpc) is 3.52. The van der Waals surface area contributed by atoms with Crippen LogP contribution in [-0.2, 0) is 26.2 Å². The second kappa shape index (κ2) is 14.6. The Morgan fingerprint density at radius 2 is 1.67 bits per heavy atom. The van der Waals surface area contributed by atoms with Crippen molar-refractivity contribution in [1.82, 2.24) is 10.2 Å². The molecule has 0 radical (unpaired) electrons. The Labute approximate surface area is 258 Å². The summed E-state index contributed by atoms with van der Waals surface area (Å²) in [7, 11) is -2.66. The summed E-state index contributed by atoms with van der Waals surface area (Å²) >= 11 is 6.03. The van der Waals surface area contributed by atoms with Gasteiger partial charge in [0, 0.05) is 17.6 Å². The normalized spacial score (nSPS) is 14.1. The van der Waals surface area contributed by atoms with Gasteiger partial charge in [0.2, 0.25) is 11.8 Å². The number of rotatable bonds is 13. The van der Waals surface area contributed by atoms with Gasteiger partial charge in [-0.3, -0.25) is 13.9 Å². The van der Waals surface area contributed by atoms with E-state index in [0.717, 1.165) is 35.6 Å². The molecule has 0 heterocycles. The fourth-order valence-electron chi connectivity index (χ4n) is 5.08. The van der Waals surface area contributed by atoms with Crippen molar-refractivity contribution in [1.29, 1.82) is 0 Å². The van der Waals surface area contributed by atoms with E-state index in [1.165, 1.54) is 29.2 Å². The number of nitrogens with zero attached hydrogens (tertiary/aromatic N) is 2. The predicted octanol–water partition coefficient (Wildman–Crippen LogP) is 5.42. The van der Waals surface area contributed by atoms with Gasteiger partial charge in [0.25, 0.3) is 10.0 Å². The lowest BCUT2D eigenvalue weighted by Gasteiger charge is -2.32. The van der Waals surface area contributed by atoms with Crippen molar-refractivity contribution < 1.29 is 27.5 Å². The Morgan fingerprint density at radius 1 is 1.00 bits per heavy atom. The lowest BCUT2D eigenvalue weighted by molar-refractivity contribution is -0.139. The van der Waals surface area contributed by atoms with Crippen LogP contribution in [0.25, 0.3) is 0 Å². The second-order valence-electron chi connectivity index (χ2n) is 10.4. The third-order valence-corrected chi connectivity index (χ3v) is 9.51. The monoisotopic (exact) mass is 627 g/mol. The number of benzene rings is 3. The van der Waals surface area contributed by atoms with Gasteiger partial charge in [-0.1, -0.05) is 36.6 Å². The van der Waals surface area contributed by atoms with Gasteiger partial charge >= 0.3 is 0 Å². The molecule has 0 spiro atoms. The highest BCUT2D eigenvalue weighted by atomic mass is 35.5. The highest BCUT2D eigenvalue weighted by Crippen LogP contribution is 2.28. The Hall–Kier alpha value is -3.76. The lowest BCUT2D eigenvalue weighted by Crippen LogP contribution is -2.52. The summed E-state index contributed by atoms with van der Waals surface area (Å²) in [6.45, 7) is 3.50. The molecule has 1 aliphatic rings. The van der Waals surface area contributed by atoms with Gasteiger partial charge < -0.3 is 19.7 Å². The summed E-state index contributed by atoms with van der Waals surface area (Å²) in [5.41, 5.74) is 1.01. The SMILES string of the molecule is CCOc1ccc(N(CC(=O)N(Cc2cccc(OC)c2)C(C)C(=O)NC2CCCC2)S(=O)(=O)c2ccc(Cl)cc2)cc1. The number of halogens is 1. The molecule has 0 aromatic heterocycles. The molecule has 1 saturated carbocycles. The molecule has 1 aliphatic carbocycles. The smallest absolute Gasteiger partial charge is 0.264 e. The molecule has 1 N–H and O–H groups in total. The number of hydrogen-bond donors (Lipinski definition) is 1. The number of carbonyl (C=O) groups excluding carboxylic acids is 2. The summed E-state index contributed by atoms with van der Waals surface area (Å²) in [6, 6.07) is 18.7. The Bertz CT molecular complexity index is 1490. The van der Waals surface area contributed by atoms with E-state index in [1.54, 1.807) is 56.5 Å². The summed E-state index contributed by atoms with van der Waals surface area (Å²) in [6.07, 6.45) is 3.89. The largest absolute Gasteiger partial charge is 0.497 e.